The Labute approximate surface area is 143 Å². The zero-order chi connectivity index (χ0) is 14.1. The standard InChI is InChI=1S/C14H22ClN3O.HI/c1-3-4-9-17-14(16)18-10-11(2)19-13-8-6-5-7-12(13)15;/h5-8,11H,3-4,9-10H2,1-2H3,(H3,16,17,18);1H. The van der Waals surface area contributed by atoms with E-state index in [4.69, 9.17) is 22.1 Å². The molecule has 1 aromatic rings. The van der Waals surface area contributed by atoms with Gasteiger partial charge in [0, 0.05) is 6.54 Å². The molecule has 0 spiro atoms. The molecule has 4 nitrogen and oxygen atoms in total. The average Bonchev–Trinajstić information content (AvgIpc) is 2.39. The summed E-state index contributed by atoms with van der Waals surface area (Å²) in [6, 6.07) is 7.39. The van der Waals surface area contributed by atoms with E-state index in [1.54, 1.807) is 6.07 Å². The maximum absolute atomic E-state index is 6.02. The SMILES string of the molecule is CCCCNC(N)=NCC(C)Oc1ccccc1Cl.I. The predicted molar refractivity (Wildman–Crippen MR) is 96.4 cm³/mol. The highest BCUT2D eigenvalue weighted by Crippen LogP contribution is 2.24. The van der Waals surface area contributed by atoms with E-state index < -0.39 is 0 Å². The molecule has 3 N–H and O–H groups in total. The van der Waals surface area contributed by atoms with Crippen LogP contribution in [0.2, 0.25) is 5.02 Å². The lowest BCUT2D eigenvalue weighted by Crippen LogP contribution is -2.33. The maximum Gasteiger partial charge on any atom is 0.188 e. The summed E-state index contributed by atoms with van der Waals surface area (Å²) in [5.41, 5.74) is 5.74. The molecular weight excluding hydrogens is 389 g/mol. The molecule has 0 fully saturated rings. The molecule has 114 valence electrons. The second-order valence-electron chi connectivity index (χ2n) is 4.37. The third-order valence-electron chi connectivity index (χ3n) is 2.52. The fraction of sp³-hybridized carbons (Fsp3) is 0.500. The number of rotatable bonds is 7. The van der Waals surface area contributed by atoms with Gasteiger partial charge in [0.25, 0.3) is 0 Å². The van der Waals surface area contributed by atoms with Gasteiger partial charge in [-0.1, -0.05) is 37.1 Å². The molecule has 0 aliphatic carbocycles. The Kier molecular flexibility index (Phi) is 10.6. The van der Waals surface area contributed by atoms with Crippen molar-refractivity contribution in [2.24, 2.45) is 10.7 Å². The lowest BCUT2D eigenvalue weighted by Gasteiger charge is -2.14. The maximum atomic E-state index is 6.02. The first kappa shape index (κ1) is 19.3. The molecule has 20 heavy (non-hydrogen) atoms. The van der Waals surface area contributed by atoms with Crippen LogP contribution in [0.15, 0.2) is 29.3 Å². The van der Waals surface area contributed by atoms with Crippen molar-refractivity contribution in [2.75, 3.05) is 13.1 Å². The summed E-state index contributed by atoms with van der Waals surface area (Å²) >= 11 is 6.02. The minimum atomic E-state index is -0.0774. The molecule has 1 unspecified atom stereocenters. The van der Waals surface area contributed by atoms with Crippen molar-refractivity contribution in [3.05, 3.63) is 29.3 Å². The number of aliphatic imine (C=N–C) groups is 1. The van der Waals surface area contributed by atoms with E-state index >= 15 is 0 Å². The van der Waals surface area contributed by atoms with Crippen LogP contribution in [0.4, 0.5) is 0 Å². The van der Waals surface area contributed by atoms with E-state index in [0.29, 0.717) is 23.3 Å². The van der Waals surface area contributed by atoms with E-state index in [0.717, 1.165) is 19.4 Å². The van der Waals surface area contributed by atoms with Gasteiger partial charge in [0.2, 0.25) is 0 Å². The van der Waals surface area contributed by atoms with E-state index in [2.05, 4.69) is 17.2 Å². The zero-order valence-corrected chi connectivity index (χ0v) is 15.0. The number of hydrogen-bond donors (Lipinski definition) is 2. The third kappa shape index (κ3) is 7.79. The number of unbranched alkanes of at least 4 members (excludes halogenated alkanes) is 1. The number of benzene rings is 1. The van der Waals surface area contributed by atoms with Crippen molar-refractivity contribution in [3.8, 4) is 5.75 Å². The first-order valence-corrected chi connectivity index (χ1v) is 6.96. The summed E-state index contributed by atoms with van der Waals surface area (Å²) in [5.74, 6) is 1.13. The van der Waals surface area contributed by atoms with Gasteiger partial charge in [0.15, 0.2) is 5.96 Å². The van der Waals surface area contributed by atoms with Gasteiger partial charge in [0.1, 0.15) is 11.9 Å². The van der Waals surface area contributed by atoms with Crippen LogP contribution in [-0.2, 0) is 0 Å². The number of nitrogens with zero attached hydrogens (tertiary/aromatic N) is 1. The largest absolute Gasteiger partial charge is 0.487 e. The average molecular weight is 412 g/mol. The highest BCUT2D eigenvalue weighted by Gasteiger charge is 2.06. The molecule has 0 amide bonds. The van der Waals surface area contributed by atoms with Crippen molar-refractivity contribution < 1.29 is 4.74 Å². The van der Waals surface area contributed by atoms with Gasteiger partial charge in [-0.25, -0.2) is 4.99 Å². The molecule has 0 aromatic heterocycles. The first-order chi connectivity index (χ1) is 9.13. The lowest BCUT2D eigenvalue weighted by molar-refractivity contribution is 0.230. The van der Waals surface area contributed by atoms with Gasteiger partial charge in [-0.2, -0.15) is 0 Å². The van der Waals surface area contributed by atoms with Crippen LogP contribution in [0.1, 0.15) is 26.7 Å². The predicted octanol–water partition coefficient (Wildman–Crippen LogP) is 3.43. The van der Waals surface area contributed by atoms with E-state index in [1.165, 1.54) is 0 Å². The van der Waals surface area contributed by atoms with Crippen molar-refractivity contribution >= 4 is 41.5 Å². The second-order valence-corrected chi connectivity index (χ2v) is 4.77. The molecule has 0 bridgehead atoms. The summed E-state index contributed by atoms with van der Waals surface area (Å²) in [4.78, 5) is 4.24. The summed E-state index contributed by atoms with van der Waals surface area (Å²) in [6.07, 6.45) is 2.14. The Balaban J connectivity index is 0.00000361. The fourth-order valence-corrected chi connectivity index (χ4v) is 1.65. The Morgan fingerprint density at radius 1 is 1.45 bits per heavy atom. The summed E-state index contributed by atoms with van der Waals surface area (Å²) in [7, 11) is 0. The molecule has 0 saturated carbocycles. The van der Waals surface area contributed by atoms with E-state index in [9.17, 15) is 0 Å². The molecule has 0 saturated heterocycles. The van der Waals surface area contributed by atoms with Crippen molar-refractivity contribution in [1.29, 1.82) is 0 Å². The van der Waals surface area contributed by atoms with Crippen LogP contribution in [-0.4, -0.2) is 25.2 Å². The van der Waals surface area contributed by atoms with Gasteiger partial charge in [0.05, 0.1) is 11.6 Å². The highest BCUT2D eigenvalue weighted by atomic mass is 127. The minimum absolute atomic E-state index is 0. The van der Waals surface area contributed by atoms with E-state index in [1.807, 2.05) is 25.1 Å². The number of halogens is 2. The highest BCUT2D eigenvalue weighted by molar-refractivity contribution is 14.0. The molecule has 0 aliphatic heterocycles. The summed E-state index contributed by atoms with van der Waals surface area (Å²) < 4.78 is 5.70. The number of ether oxygens (including phenoxy) is 1. The summed E-state index contributed by atoms with van der Waals surface area (Å²) in [5, 5.41) is 3.66. The normalized spacial score (nSPS) is 12.4. The smallest absolute Gasteiger partial charge is 0.188 e. The van der Waals surface area contributed by atoms with Crippen LogP contribution < -0.4 is 15.8 Å². The van der Waals surface area contributed by atoms with Crippen LogP contribution in [0, 0.1) is 0 Å². The molecule has 0 aliphatic rings. The van der Waals surface area contributed by atoms with Crippen molar-refractivity contribution in [2.45, 2.75) is 32.8 Å². The molecule has 6 heteroatoms. The Bertz CT molecular complexity index is 415. The van der Waals surface area contributed by atoms with Gasteiger partial charge in [-0.3, -0.25) is 0 Å². The van der Waals surface area contributed by atoms with Crippen LogP contribution in [0.3, 0.4) is 0 Å². The Morgan fingerprint density at radius 3 is 2.80 bits per heavy atom. The Morgan fingerprint density at radius 2 is 2.15 bits per heavy atom. The zero-order valence-electron chi connectivity index (χ0n) is 11.9. The molecule has 0 heterocycles. The number of nitrogens with one attached hydrogen (secondary N) is 1. The molecular formula is C14H23ClIN3O. The van der Waals surface area contributed by atoms with Crippen molar-refractivity contribution in [3.63, 3.8) is 0 Å². The quantitative estimate of drug-likeness (QED) is 0.313. The molecule has 1 atom stereocenters. The topological polar surface area (TPSA) is 59.6 Å². The molecule has 1 aromatic carbocycles. The van der Waals surface area contributed by atoms with Gasteiger partial charge >= 0.3 is 0 Å². The third-order valence-corrected chi connectivity index (χ3v) is 2.83. The van der Waals surface area contributed by atoms with Crippen LogP contribution in [0.25, 0.3) is 0 Å². The molecule has 0 radical (unpaired) electrons. The van der Waals surface area contributed by atoms with Gasteiger partial charge < -0.3 is 15.8 Å². The first-order valence-electron chi connectivity index (χ1n) is 6.58. The summed E-state index contributed by atoms with van der Waals surface area (Å²) in [6.45, 7) is 5.42. The van der Waals surface area contributed by atoms with E-state index in [-0.39, 0.29) is 30.1 Å². The minimum Gasteiger partial charge on any atom is -0.487 e. The van der Waals surface area contributed by atoms with Gasteiger partial charge in [-0.05, 0) is 25.5 Å². The number of hydrogen-bond acceptors (Lipinski definition) is 2. The van der Waals surface area contributed by atoms with Gasteiger partial charge in [-0.15, -0.1) is 24.0 Å². The number of nitrogens with two attached hydrogens (primary N) is 1. The Hall–Kier alpha value is -0.690. The number of para-hydroxylation sites is 1. The monoisotopic (exact) mass is 411 g/mol. The lowest BCUT2D eigenvalue weighted by atomic mass is 10.3. The van der Waals surface area contributed by atoms with Crippen LogP contribution in [0.5, 0.6) is 5.75 Å². The molecule has 1 rings (SSSR count). The fourth-order valence-electron chi connectivity index (χ4n) is 1.47. The van der Waals surface area contributed by atoms with Crippen molar-refractivity contribution in [1.82, 2.24) is 5.32 Å². The van der Waals surface area contributed by atoms with Crippen LogP contribution >= 0.6 is 35.6 Å². The number of guanidine groups is 1. The second kappa shape index (κ2) is 11.0.